The van der Waals surface area contributed by atoms with Crippen molar-refractivity contribution >= 4 is 38.0 Å². The van der Waals surface area contributed by atoms with Crippen LogP contribution in [0.4, 0.5) is 5.69 Å². The molecule has 3 N–H and O–H groups in total. The average Bonchev–Trinajstić information content (AvgIpc) is 2.93. The minimum atomic E-state index is -3.55. The summed E-state index contributed by atoms with van der Waals surface area (Å²) in [5.74, 6) is 0. The minimum Gasteiger partial charge on any atom is -0.398 e. The lowest BCUT2D eigenvalue weighted by Gasteiger charge is -2.07. The van der Waals surface area contributed by atoms with Gasteiger partial charge in [0.1, 0.15) is 4.21 Å². The molecular formula is C14H13N3O2S2. The zero-order chi connectivity index (χ0) is 14.9. The first-order valence-electron chi connectivity index (χ1n) is 6.22. The fourth-order valence-electron chi connectivity index (χ4n) is 2.03. The van der Waals surface area contributed by atoms with Crippen LogP contribution in [0.3, 0.4) is 0 Å². The zero-order valence-corrected chi connectivity index (χ0v) is 12.6. The number of nitrogens with two attached hydrogens (primary N) is 1. The number of nitrogens with zero attached hydrogens (tertiary/aromatic N) is 1. The van der Waals surface area contributed by atoms with Crippen LogP contribution in [0.25, 0.3) is 10.9 Å². The van der Waals surface area contributed by atoms with E-state index in [1.54, 1.807) is 11.6 Å². The molecule has 2 aromatic heterocycles. The maximum atomic E-state index is 12.2. The predicted octanol–water partition coefficient (Wildman–Crippen LogP) is 2.36. The summed E-state index contributed by atoms with van der Waals surface area (Å²) in [7, 11) is -3.55. The maximum Gasteiger partial charge on any atom is 0.250 e. The molecule has 0 aliphatic heterocycles. The van der Waals surface area contributed by atoms with Gasteiger partial charge in [0.15, 0.2) is 0 Å². The summed E-state index contributed by atoms with van der Waals surface area (Å²) in [5.41, 5.74) is 7.65. The van der Waals surface area contributed by atoms with Gasteiger partial charge in [0.2, 0.25) is 10.0 Å². The number of hydrogen-bond acceptors (Lipinski definition) is 5. The molecule has 0 aliphatic rings. The van der Waals surface area contributed by atoms with Crippen LogP contribution in [0.2, 0.25) is 0 Å². The van der Waals surface area contributed by atoms with Gasteiger partial charge >= 0.3 is 0 Å². The molecule has 0 spiro atoms. The van der Waals surface area contributed by atoms with Crippen LogP contribution < -0.4 is 10.5 Å². The lowest BCUT2D eigenvalue weighted by molar-refractivity contribution is 0.583. The van der Waals surface area contributed by atoms with Gasteiger partial charge in [-0.25, -0.2) is 13.1 Å². The summed E-state index contributed by atoms with van der Waals surface area (Å²) in [6.07, 6.45) is 1.69. The van der Waals surface area contributed by atoms with Crippen molar-refractivity contribution in [3.8, 4) is 0 Å². The van der Waals surface area contributed by atoms with E-state index in [1.165, 1.54) is 6.07 Å². The smallest absolute Gasteiger partial charge is 0.250 e. The standard InChI is InChI=1S/C14H13N3O2S2/c15-12-7-13(20-9-12)21(18,19)17-8-11-4-1-3-10-5-2-6-16-14(10)11/h1-7,9,17H,8,15H2. The van der Waals surface area contributed by atoms with Crippen molar-refractivity contribution < 1.29 is 8.42 Å². The number of sulfonamides is 1. The fourth-order valence-corrected chi connectivity index (χ4v) is 4.16. The number of nitrogens with one attached hydrogen (secondary N) is 1. The first kappa shape index (κ1) is 14.0. The molecule has 0 aliphatic carbocycles. The Morgan fingerprint density at radius 2 is 2.05 bits per heavy atom. The number of nitrogen functional groups attached to an aromatic ring is 1. The highest BCUT2D eigenvalue weighted by atomic mass is 32.2. The number of thiophene rings is 1. The van der Waals surface area contributed by atoms with E-state index in [0.717, 1.165) is 27.8 Å². The van der Waals surface area contributed by atoms with E-state index in [4.69, 9.17) is 5.73 Å². The van der Waals surface area contributed by atoms with Crippen LogP contribution in [-0.2, 0) is 16.6 Å². The van der Waals surface area contributed by atoms with Crippen molar-refractivity contribution in [3.05, 3.63) is 53.5 Å². The van der Waals surface area contributed by atoms with Gasteiger partial charge < -0.3 is 5.73 Å². The lowest BCUT2D eigenvalue weighted by Crippen LogP contribution is -2.22. The number of pyridine rings is 1. The van der Waals surface area contributed by atoms with Gasteiger partial charge in [0.05, 0.1) is 5.52 Å². The number of rotatable bonds is 4. The first-order chi connectivity index (χ1) is 10.1. The first-order valence-corrected chi connectivity index (χ1v) is 8.59. The molecule has 2 heterocycles. The summed E-state index contributed by atoms with van der Waals surface area (Å²) < 4.78 is 27.2. The largest absolute Gasteiger partial charge is 0.398 e. The molecule has 21 heavy (non-hydrogen) atoms. The molecule has 3 aromatic rings. The topological polar surface area (TPSA) is 85.1 Å². The van der Waals surface area contributed by atoms with Gasteiger partial charge in [0.25, 0.3) is 0 Å². The van der Waals surface area contributed by atoms with Gasteiger partial charge in [-0.15, -0.1) is 11.3 Å². The third-order valence-electron chi connectivity index (χ3n) is 3.03. The predicted molar refractivity (Wildman–Crippen MR) is 84.5 cm³/mol. The molecule has 0 saturated carbocycles. The molecular weight excluding hydrogens is 306 g/mol. The van der Waals surface area contributed by atoms with Crippen molar-refractivity contribution in [2.45, 2.75) is 10.8 Å². The normalized spacial score (nSPS) is 11.8. The Bertz CT molecular complexity index is 883. The second-order valence-electron chi connectivity index (χ2n) is 4.52. The van der Waals surface area contributed by atoms with Crippen molar-refractivity contribution in [2.24, 2.45) is 0 Å². The molecule has 5 nitrogen and oxygen atoms in total. The van der Waals surface area contributed by atoms with Crippen molar-refractivity contribution in [2.75, 3.05) is 5.73 Å². The number of aromatic nitrogens is 1. The number of hydrogen-bond donors (Lipinski definition) is 2. The Balaban J connectivity index is 1.87. The van der Waals surface area contributed by atoms with E-state index in [9.17, 15) is 8.42 Å². The monoisotopic (exact) mass is 319 g/mol. The molecule has 0 radical (unpaired) electrons. The van der Waals surface area contributed by atoms with Gasteiger partial charge in [-0.3, -0.25) is 4.98 Å². The Morgan fingerprint density at radius 3 is 2.81 bits per heavy atom. The van der Waals surface area contributed by atoms with Gasteiger partial charge in [-0.1, -0.05) is 24.3 Å². The van der Waals surface area contributed by atoms with Crippen molar-refractivity contribution in [1.29, 1.82) is 0 Å². The molecule has 0 saturated heterocycles. The van der Waals surface area contributed by atoms with Gasteiger partial charge in [0, 0.05) is 29.2 Å². The van der Waals surface area contributed by atoms with Crippen LogP contribution in [0.1, 0.15) is 5.56 Å². The SMILES string of the molecule is Nc1csc(S(=O)(=O)NCc2cccc3cccnc23)c1. The van der Waals surface area contributed by atoms with Crippen LogP contribution >= 0.6 is 11.3 Å². The second kappa shape index (κ2) is 5.44. The van der Waals surface area contributed by atoms with E-state index in [0.29, 0.717) is 5.69 Å². The van der Waals surface area contributed by atoms with E-state index in [-0.39, 0.29) is 10.8 Å². The number of anilines is 1. The second-order valence-corrected chi connectivity index (χ2v) is 7.42. The number of para-hydroxylation sites is 1. The van der Waals surface area contributed by atoms with Crippen LogP contribution in [0.5, 0.6) is 0 Å². The fraction of sp³-hybridized carbons (Fsp3) is 0.0714. The Morgan fingerprint density at radius 1 is 1.24 bits per heavy atom. The lowest BCUT2D eigenvalue weighted by atomic mass is 10.1. The summed E-state index contributed by atoms with van der Waals surface area (Å²) >= 11 is 1.10. The quantitative estimate of drug-likeness (QED) is 0.773. The molecule has 1 aromatic carbocycles. The molecule has 0 bridgehead atoms. The summed E-state index contributed by atoms with van der Waals surface area (Å²) in [6.45, 7) is 0.189. The summed E-state index contributed by atoms with van der Waals surface area (Å²) in [4.78, 5) is 4.31. The summed E-state index contributed by atoms with van der Waals surface area (Å²) in [6, 6.07) is 10.9. The molecule has 3 rings (SSSR count). The zero-order valence-electron chi connectivity index (χ0n) is 11.0. The molecule has 0 atom stereocenters. The minimum absolute atomic E-state index is 0.189. The molecule has 108 valence electrons. The van der Waals surface area contributed by atoms with Crippen LogP contribution in [0, 0.1) is 0 Å². The molecule has 0 fully saturated rings. The average molecular weight is 319 g/mol. The molecule has 0 unspecified atom stereocenters. The van der Waals surface area contributed by atoms with Crippen molar-refractivity contribution in [3.63, 3.8) is 0 Å². The maximum absolute atomic E-state index is 12.2. The Hall–Kier alpha value is -1.96. The highest BCUT2D eigenvalue weighted by molar-refractivity contribution is 7.91. The third-order valence-corrected chi connectivity index (χ3v) is 5.89. The van der Waals surface area contributed by atoms with E-state index >= 15 is 0 Å². The molecule has 0 amide bonds. The summed E-state index contributed by atoms with van der Waals surface area (Å²) in [5, 5.41) is 2.59. The number of benzene rings is 1. The molecule has 7 heteroatoms. The Labute approximate surface area is 126 Å². The van der Waals surface area contributed by atoms with E-state index in [2.05, 4.69) is 9.71 Å². The highest BCUT2D eigenvalue weighted by Gasteiger charge is 2.16. The van der Waals surface area contributed by atoms with E-state index < -0.39 is 10.0 Å². The van der Waals surface area contributed by atoms with Crippen LogP contribution in [-0.4, -0.2) is 13.4 Å². The number of fused-ring (bicyclic) bond motifs is 1. The van der Waals surface area contributed by atoms with Crippen LogP contribution in [0.15, 0.2) is 52.2 Å². The third kappa shape index (κ3) is 2.90. The highest BCUT2D eigenvalue weighted by Crippen LogP contribution is 2.22. The van der Waals surface area contributed by atoms with Crippen molar-refractivity contribution in [1.82, 2.24) is 9.71 Å². The Kier molecular flexibility index (Phi) is 3.62. The van der Waals surface area contributed by atoms with E-state index in [1.807, 2.05) is 30.3 Å². The van der Waals surface area contributed by atoms with Gasteiger partial charge in [-0.05, 0) is 17.7 Å². The van der Waals surface area contributed by atoms with Gasteiger partial charge in [-0.2, -0.15) is 0 Å².